The van der Waals surface area contributed by atoms with Crippen molar-refractivity contribution in [3.05, 3.63) is 29.8 Å². The number of carboxylic acid groups (broad SMARTS) is 2. The van der Waals surface area contributed by atoms with Gasteiger partial charge in [0.1, 0.15) is 17.8 Å². The van der Waals surface area contributed by atoms with Crippen molar-refractivity contribution < 1.29 is 44.4 Å². The fourth-order valence-corrected chi connectivity index (χ4v) is 3.10. The van der Waals surface area contributed by atoms with E-state index in [0.717, 1.165) is 6.92 Å². The first-order chi connectivity index (χ1) is 16.7. The average Bonchev–Trinajstić information content (AvgIpc) is 2.79. The number of nitrogens with one attached hydrogen (secondary N) is 3. The van der Waals surface area contributed by atoms with Crippen LogP contribution in [0.2, 0.25) is 0 Å². The molecule has 13 heteroatoms. The number of rotatable bonds is 14. The summed E-state index contributed by atoms with van der Waals surface area (Å²) in [5, 5.41) is 44.3. The number of carbonyl (C=O) groups is 5. The molecule has 3 amide bonds. The van der Waals surface area contributed by atoms with Gasteiger partial charge >= 0.3 is 11.9 Å². The number of aliphatic carboxylic acids is 2. The van der Waals surface area contributed by atoms with Gasteiger partial charge in [-0.2, -0.15) is 0 Å². The van der Waals surface area contributed by atoms with Gasteiger partial charge in [0.25, 0.3) is 0 Å². The third-order valence-corrected chi connectivity index (χ3v) is 5.36. The van der Waals surface area contributed by atoms with Crippen molar-refractivity contribution in [2.75, 3.05) is 0 Å². The third-order valence-electron chi connectivity index (χ3n) is 5.36. The Bertz CT molecular complexity index is 934. The van der Waals surface area contributed by atoms with Crippen LogP contribution in [0.1, 0.15) is 39.2 Å². The normalized spacial score (nSPS) is 15.2. The average molecular weight is 511 g/mol. The minimum absolute atomic E-state index is 0.0119. The lowest BCUT2D eigenvalue weighted by atomic mass is 10.0. The zero-order chi connectivity index (χ0) is 27.6. The smallest absolute Gasteiger partial charge is 0.328 e. The second kappa shape index (κ2) is 14.0. The number of hydrogen-bond donors (Lipinski definition) is 8. The van der Waals surface area contributed by atoms with Gasteiger partial charge in [0, 0.05) is 12.8 Å². The summed E-state index contributed by atoms with van der Waals surface area (Å²) in [6.07, 6.45) is -2.44. The molecule has 0 spiro atoms. The van der Waals surface area contributed by atoms with Crippen LogP contribution >= 0.6 is 0 Å². The van der Waals surface area contributed by atoms with Gasteiger partial charge in [-0.3, -0.25) is 19.2 Å². The molecule has 0 heterocycles. The van der Waals surface area contributed by atoms with Crippen molar-refractivity contribution in [3.63, 3.8) is 0 Å². The molecule has 36 heavy (non-hydrogen) atoms. The Kier molecular flexibility index (Phi) is 11.8. The van der Waals surface area contributed by atoms with Crippen molar-refractivity contribution in [2.45, 2.75) is 70.3 Å². The molecule has 1 aromatic rings. The minimum atomic E-state index is -1.70. The fraction of sp³-hybridized carbons (Fsp3) is 0.522. The van der Waals surface area contributed by atoms with E-state index in [1.807, 2.05) is 0 Å². The van der Waals surface area contributed by atoms with Crippen LogP contribution in [0.4, 0.5) is 0 Å². The van der Waals surface area contributed by atoms with Gasteiger partial charge in [-0.25, -0.2) is 4.79 Å². The maximum Gasteiger partial charge on any atom is 0.328 e. The van der Waals surface area contributed by atoms with Crippen LogP contribution in [0.25, 0.3) is 0 Å². The van der Waals surface area contributed by atoms with E-state index in [4.69, 9.17) is 10.8 Å². The van der Waals surface area contributed by atoms with E-state index in [0.29, 0.717) is 5.56 Å². The Morgan fingerprint density at radius 2 is 1.39 bits per heavy atom. The molecule has 0 saturated heterocycles. The highest BCUT2D eigenvalue weighted by Crippen LogP contribution is 2.12. The molecule has 0 aromatic heterocycles. The van der Waals surface area contributed by atoms with Crippen LogP contribution in [0.3, 0.4) is 0 Å². The Morgan fingerprint density at radius 1 is 0.861 bits per heavy atom. The van der Waals surface area contributed by atoms with Crippen molar-refractivity contribution in [1.82, 2.24) is 16.0 Å². The molecule has 5 unspecified atom stereocenters. The van der Waals surface area contributed by atoms with E-state index in [1.165, 1.54) is 24.3 Å². The molecule has 0 radical (unpaired) electrons. The van der Waals surface area contributed by atoms with Gasteiger partial charge in [-0.15, -0.1) is 0 Å². The number of phenols is 1. The summed E-state index contributed by atoms with van der Waals surface area (Å²) >= 11 is 0. The van der Waals surface area contributed by atoms with Crippen molar-refractivity contribution in [2.24, 2.45) is 11.7 Å². The molecule has 0 fully saturated rings. The van der Waals surface area contributed by atoms with Crippen LogP contribution in [0.5, 0.6) is 5.75 Å². The molecular weight excluding hydrogens is 476 g/mol. The molecule has 5 atom stereocenters. The Balaban J connectivity index is 3.17. The first kappa shape index (κ1) is 30.3. The Morgan fingerprint density at radius 3 is 1.86 bits per heavy atom. The number of nitrogens with two attached hydrogens (primary N) is 1. The number of aliphatic hydroxyl groups excluding tert-OH is 1. The highest BCUT2D eigenvalue weighted by Gasteiger charge is 2.32. The first-order valence-electron chi connectivity index (χ1n) is 11.3. The van der Waals surface area contributed by atoms with Crippen LogP contribution < -0.4 is 21.7 Å². The van der Waals surface area contributed by atoms with Gasteiger partial charge in [-0.1, -0.05) is 26.0 Å². The van der Waals surface area contributed by atoms with Gasteiger partial charge < -0.3 is 42.1 Å². The zero-order valence-corrected chi connectivity index (χ0v) is 20.3. The van der Waals surface area contributed by atoms with E-state index >= 15 is 0 Å². The van der Waals surface area contributed by atoms with E-state index in [1.54, 1.807) is 13.8 Å². The Labute approximate surface area is 208 Å². The third kappa shape index (κ3) is 9.88. The maximum atomic E-state index is 13.1. The lowest BCUT2D eigenvalue weighted by Crippen LogP contribution is -2.59. The summed E-state index contributed by atoms with van der Waals surface area (Å²) in [4.78, 5) is 60.8. The largest absolute Gasteiger partial charge is 0.508 e. The van der Waals surface area contributed by atoms with E-state index in [-0.39, 0.29) is 24.5 Å². The van der Waals surface area contributed by atoms with Crippen LogP contribution in [-0.2, 0) is 30.4 Å². The van der Waals surface area contributed by atoms with Gasteiger partial charge in [-0.05, 0) is 37.0 Å². The van der Waals surface area contributed by atoms with Crippen LogP contribution in [0, 0.1) is 5.92 Å². The van der Waals surface area contributed by atoms with E-state index in [2.05, 4.69) is 16.0 Å². The molecular formula is C23H34N4O9. The van der Waals surface area contributed by atoms with Crippen molar-refractivity contribution in [1.29, 1.82) is 0 Å². The summed E-state index contributed by atoms with van der Waals surface area (Å²) in [5.41, 5.74) is 6.43. The number of phenolic OH excluding ortho intramolecular Hbond substituents is 1. The summed E-state index contributed by atoms with van der Waals surface area (Å²) in [7, 11) is 0. The predicted octanol–water partition coefficient (Wildman–Crippen LogP) is -1.30. The second-order valence-corrected chi connectivity index (χ2v) is 8.76. The minimum Gasteiger partial charge on any atom is -0.508 e. The molecule has 1 rings (SSSR count). The number of carbonyl (C=O) groups excluding carboxylic acids is 3. The lowest BCUT2D eigenvalue weighted by molar-refractivity contribution is -0.145. The maximum absolute atomic E-state index is 13.1. The first-order valence-corrected chi connectivity index (χ1v) is 11.3. The number of hydrogen-bond acceptors (Lipinski definition) is 8. The zero-order valence-electron chi connectivity index (χ0n) is 20.3. The van der Waals surface area contributed by atoms with Crippen LogP contribution in [-0.4, -0.2) is 80.4 Å². The molecule has 0 aliphatic carbocycles. The number of carboxylic acids is 2. The van der Waals surface area contributed by atoms with Gasteiger partial charge in [0.2, 0.25) is 17.7 Å². The summed E-state index contributed by atoms with van der Waals surface area (Å²) in [6.45, 7) is 4.57. The summed E-state index contributed by atoms with van der Waals surface area (Å²) in [5.74, 6) is -5.54. The topological polar surface area (TPSA) is 228 Å². The van der Waals surface area contributed by atoms with E-state index in [9.17, 15) is 39.3 Å². The standard InChI is InChI=1S/C23H34N4O9/c1-11(2)18(24)22(34)26-16(10-13-4-6-14(29)7-5-13)21(33)25-15(8-9-17(30)31)20(32)27-19(12(3)28)23(35)36/h4-7,11-12,15-16,18-19,28-29H,8-10,24H2,1-3H3,(H,25,33)(H,26,34)(H,27,32)(H,30,31)(H,35,36). The van der Waals surface area contributed by atoms with E-state index < -0.39 is 66.4 Å². The Hall–Kier alpha value is -3.71. The number of aliphatic hydroxyl groups is 1. The highest BCUT2D eigenvalue weighted by molar-refractivity contribution is 5.94. The number of amides is 3. The molecule has 0 aliphatic rings. The quantitative estimate of drug-likeness (QED) is 0.147. The monoisotopic (exact) mass is 510 g/mol. The van der Waals surface area contributed by atoms with Crippen molar-refractivity contribution in [3.8, 4) is 5.75 Å². The SMILES string of the molecule is CC(C)C(N)C(=O)NC(Cc1ccc(O)cc1)C(=O)NC(CCC(=O)O)C(=O)NC(C(=O)O)C(C)O. The molecule has 0 aliphatic heterocycles. The molecule has 0 bridgehead atoms. The molecule has 13 nitrogen and oxygen atoms in total. The number of benzene rings is 1. The second-order valence-electron chi connectivity index (χ2n) is 8.76. The molecule has 0 saturated carbocycles. The highest BCUT2D eigenvalue weighted by atomic mass is 16.4. The van der Waals surface area contributed by atoms with Gasteiger partial charge in [0.05, 0.1) is 12.1 Å². The molecule has 200 valence electrons. The molecule has 1 aromatic carbocycles. The van der Waals surface area contributed by atoms with Gasteiger partial charge in [0.15, 0.2) is 6.04 Å². The summed E-state index contributed by atoms with van der Waals surface area (Å²) < 4.78 is 0. The summed E-state index contributed by atoms with van der Waals surface area (Å²) in [6, 6.07) is 0.476. The lowest BCUT2D eigenvalue weighted by Gasteiger charge is -2.26. The predicted molar refractivity (Wildman–Crippen MR) is 127 cm³/mol. The van der Waals surface area contributed by atoms with Crippen molar-refractivity contribution >= 4 is 29.7 Å². The number of aromatic hydroxyl groups is 1. The molecule has 9 N–H and O–H groups in total. The van der Waals surface area contributed by atoms with Crippen LogP contribution in [0.15, 0.2) is 24.3 Å². The fourth-order valence-electron chi connectivity index (χ4n) is 3.10.